The Balaban J connectivity index is 1.55. The molecule has 2 unspecified atom stereocenters. The third-order valence-electron chi connectivity index (χ3n) is 7.14. The summed E-state index contributed by atoms with van der Waals surface area (Å²) < 4.78 is 5.94. The highest BCUT2D eigenvalue weighted by Crippen LogP contribution is 2.36. The van der Waals surface area contributed by atoms with E-state index in [0.29, 0.717) is 18.3 Å². The molecular weight excluding hydrogens is 338 g/mol. The van der Waals surface area contributed by atoms with Crippen molar-refractivity contribution in [3.05, 3.63) is 0 Å². The lowest BCUT2D eigenvalue weighted by Gasteiger charge is -2.51. The van der Waals surface area contributed by atoms with Crippen molar-refractivity contribution in [3.8, 4) is 0 Å². The number of nitrogens with zero attached hydrogens (tertiary/aromatic N) is 1. The summed E-state index contributed by atoms with van der Waals surface area (Å²) >= 11 is 0. The molecule has 0 aromatic heterocycles. The van der Waals surface area contributed by atoms with Gasteiger partial charge in [0.25, 0.3) is 0 Å². The second-order valence-corrected chi connectivity index (χ2v) is 9.88. The molecule has 0 aromatic rings. The first-order valence-corrected chi connectivity index (χ1v) is 11.3. The number of hydrogen-bond acceptors (Lipinski definition) is 4. The van der Waals surface area contributed by atoms with Crippen LogP contribution in [0, 0.1) is 11.8 Å². The Morgan fingerprint density at radius 1 is 1.26 bits per heavy atom. The van der Waals surface area contributed by atoms with Crippen molar-refractivity contribution in [1.82, 2.24) is 15.5 Å². The van der Waals surface area contributed by atoms with Crippen LogP contribution in [0.25, 0.3) is 0 Å². The molecule has 5 heteroatoms. The first-order chi connectivity index (χ1) is 12.9. The van der Waals surface area contributed by atoms with Gasteiger partial charge in [0, 0.05) is 31.6 Å². The Bertz CT molecular complexity index is 482. The Labute approximate surface area is 166 Å². The lowest BCUT2D eigenvalue weighted by atomic mass is 9.79. The van der Waals surface area contributed by atoms with Gasteiger partial charge in [-0.25, -0.2) is 0 Å². The molecule has 2 atom stereocenters. The summed E-state index contributed by atoms with van der Waals surface area (Å²) in [5.74, 6) is 1.35. The van der Waals surface area contributed by atoms with E-state index in [1.165, 1.54) is 44.9 Å². The summed E-state index contributed by atoms with van der Waals surface area (Å²) in [5.41, 5.74) is 0.0415. The van der Waals surface area contributed by atoms with Crippen LogP contribution in [0.2, 0.25) is 0 Å². The third-order valence-corrected chi connectivity index (χ3v) is 7.14. The molecule has 0 spiro atoms. The molecule has 2 N–H and O–H groups in total. The molecule has 3 rings (SSSR count). The summed E-state index contributed by atoms with van der Waals surface area (Å²) in [7, 11) is 0. The molecule has 2 aliphatic heterocycles. The Hall–Kier alpha value is -0.650. The van der Waals surface area contributed by atoms with Crippen molar-refractivity contribution in [3.63, 3.8) is 0 Å². The second kappa shape index (κ2) is 9.23. The fraction of sp³-hybridized carbons (Fsp3) is 0.955. The molecule has 0 aromatic carbocycles. The summed E-state index contributed by atoms with van der Waals surface area (Å²) in [6, 6.07) is 0. The molecule has 2 saturated heterocycles. The van der Waals surface area contributed by atoms with Crippen LogP contribution in [0.1, 0.15) is 72.1 Å². The zero-order chi connectivity index (χ0) is 19.3. The topological polar surface area (TPSA) is 53.6 Å². The Kier molecular flexibility index (Phi) is 7.20. The number of morpholine rings is 1. The fourth-order valence-corrected chi connectivity index (χ4v) is 5.39. The van der Waals surface area contributed by atoms with Crippen molar-refractivity contribution in [1.29, 1.82) is 0 Å². The van der Waals surface area contributed by atoms with E-state index in [1.807, 2.05) is 0 Å². The van der Waals surface area contributed by atoms with Crippen molar-refractivity contribution >= 4 is 5.91 Å². The van der Waals surface area contributed by atoms with E-state index < -0.39 is 0 Å². The summed E-state index contributed by atoms with van der Waals surface area (Å²) in [5, 5.41) is 6.83. The second-order valence-electron chi connectivity index (χ2n) is 9.88. The number of carbonyl (C=O) groups excluding carboxylic acids is 1. The molecule has 2 heterocycles. The van der Waals surface area contributed by atoms with Gasteiger partial charge in [-0.1, -0.05) is 26.2 Å². The largest absolute Gasteiger partial charge is 0.373 e. The van der Waals surface area contributed by atoms with Crippen LogP contribution in [-0.2, 0) is 9.53 Å². The van der Waals surface area contributed by atoms with Crippen LogP contribution >= 0.6 is 0 Å². The smallest absolute Gasteiger partial charge is 0.220 e. The quantitative estimate of drug-likeness (QED) is 0.745. The van der Waals surface area contributed by atoms with Gasteiger partial charge in [0.2, 0.25) is 5.91 Å². The van der Waals surface area contributed by atoms with E-state index in [2.05, 4.69) is 36.3 Å². The highest BCUT2D eigenvalue weighted by atomic mass is 16.5. The highest BCUT2D eigenvalue weighted by Gasteiger charge is 2.42. The monoisotopic (exact) mass is 379 g/mol. The Morgan fingerprint density at radius 3 is 2.70 bits per heavy atom. The fourth-order valence-electron chi connectivity index (χ4n) is 5.39. The maximum atomic E-state index is 12.7. The lowest BCUT2D eigenvalue weighted by molar-refractivity contribution is -0.130. The molecule has 3 fully saturated rings. The van der Waals surface area contributed by atoms with Crippen molar-refractivity contribution in [2.45, 2.75) is 83.3 Å². The molecule has 156 valence electrons. The molecule has 1 saturated carbocycles. The van der Waals surface area contributed by atoms with Gasteiger partial charge in [0.15, 0.2) is 0 Å². The van der Waals surface area contributed by atoms with Crippen molar-refractivity contribution in [2.24, 2.45) is 11.8 Å². The maximum absolute atomic E-state index is 12.7. The predicted molar refractivity (Wildman–Crippen MR) is 110 cm³/mol. The minimum Gasteiger partial charge on any atom is -0.373 e. The molecule has 0 radical (unpaired) electrons. The number of amides is 1. The number of rotatable bonds is 6. The van der Waals surface area contributed by atoms with E-state index >= 15 is 0 Å². The average Bonchev–Trinajstić information content (AvgIpc) is 2.67. The summed E-state index contributed by atoms with van der Waals surface area (Å²) in [6.07, 6.45) is 9.44. The maximum Gasteiger partial charge on any atom is 0.220 e. The van der Waals surface area contributed by atoms with Gasteiger partial charge < -0.3 is 15.4 Å². The van der Waals surface area contributed by atoms with Crippen LogP contribution in [0.5, 0.6) is 0 Å². The SMILES string of the molecule is CC(CC(=O)NCC1(N2CCOC(C)(C)C2)CCCCC1)C1CCCNC1. The van der Waals surface area contributed by atoms with Gasteiger partial charge in [-0.2, -0.15) is 0 Å². The standard InChI is InChI=1S/C22H41N3O2/c1-18(19-8-7-11-23-15-19)14-20(26)24-16-22(9-5-4-6-10-22)25-12-13-27-21(2,3)17-25/h18-19,23H,4-17H2,1-3H3,(H,24,26). The normalized spacial score (nSPS) is 29.8. The van der Waals surface area contributed by atoms with Crippen molar-refractivity contribution < 1.29 is 9.53 Å². The average molecular weight is 380 g/mol. The van der Waals surface area contributed by atoms with Crippen LogP contribution in [0.3, 0.4) is 0 Å². The van der Waals surface area contributed by atoms with Gasteiger partial charge in [-0.15, -0.1) is 0 Å². The molecular formula is C22H41N3O2. The third kappa shape index (κ3) is 5.68. The number of carbonyl (C=O) groups is 1. The van der Waals surface area contributed by atoms with E-state index in [1.54, 1.807) is 0 Å². The summed E-state index contributed by atoms with van der Waals surface area (Å²) in [6.45, 7) is 12.4. The van der Waals surface area contributed by atoms with Crippen LogP contribution in [-0.4, -0.2) is 61.3 Å². The van der Waals surface area contributed by atoms with Gasteiger partial charge in [-0.05, 0) is 64.5 Å². The predicted octanol–water partition coefficient (Wildman–Crippen LogP) is 2.94. The molecule has 3 aliphatic rings. The molecule has 5 nitrogen and oxygen atoms in total. The summed E-state index contributed by atoms with van der Waals surface area (Å²) in [4.78, 5) is 15.3. The first kappa shape index (κ1) is 21.1. The molecule has 1 aliphatic carbocycles. The van der Waals surface area contributed by atoms with Gasteiger partial charge >= 0.3 is 0 Å². The molecule has 1 amide bonds. The van der Waals surface area contributed by atoms with E-state index in [4.69, 9.17) is 4.74 Å². The Morgan fingerprint density at radius 2 is 2.04 bits per heavy atom. The number of piperidine rings is 1. The minimum atomic E-state index is -0.0881. The van der Waals surface area contributed by atoms with Gasteiger partial charge in [0.1, 0.15) is 0 Å². The lowest BCUT2D eigenvalue weighted by Crippen LogP contribution is -2.63. The van der Waals surface area contributed by atoms with Crippen LogP contribution in [0.15, 0.2) is 0 Å². The molecule has 27 heavy (non-hydrogen) atoms. The zero-order valence-electron chi connectivity index (χ0n) is 17.8. The van der Waals surface area contributed by atoms with Gasteiger partial charge in [0.05, 0.1) is 12.2 Å². The number of nitrogens with one attached hydrogen (secondary N) is 2. The van der Waals surface area contributed by atoms with E-state index in [-0.39, 0.29) is 17.0 Å². The number of ether oxygens (including phenoxy) is 1. The van der Waals surface area contributed by atoms with E-state index in [0.717, 1.165) is 39.3 Å². The van der Waals surface area contributed by atoms with Gasteiger partial charge in [-0.3, -0.25) is 9.69 Å². The molecule has 0 bridgehead atoms. The first-order valence-electron chi connectivity index (χ1n) is 11.3. The van der Waals surface area contributed by atoms with Crippen LogP contribution < -0.4 is 10.6 Å². The number of hydrogen-bond donors (Lipinski definition) is 2. The zero-order valence-corrected chi connectivity index (χ0v) is 17.8. The van der Waals surface area contributed by atoms with E-state index in [9.17, 15) is 4.79 Å². The highest BCUT2D eigenvalue weighted by molar-refractivity contribution is 5.76. The van der Waals surface area contributed by atoms with Crippen molar-refractivity contribution in [2.75, 3.05) is 39.3 Å². The van der Waals surface area contributed by atoms with Crippen LogP contribution in [0.4, 0.5) is 0 Å². The minimum absolute atomic E-state index is 0.0881.